The van der Waals surface area contributed by atoms with Crippen LogP contribution in [0.3, 0.4) is 0 Å². The van der Waals surface area contributed by atoms with Crippen molar-refractivity contribution in [3.8, 4) is 16.9 Å². The van der Waals surface area contributed by atoms with Crippen LogP contribution in [0.5, 0.6) is 5.75 Å². The Bertz CT molecular complexity index is 2640. The highest BCUT2D eigenvalue weighted by Crippen LogP contribution is 2.41. The van der Waals surface area contributed by atoms with Gasteiger partial charge in [0.05, 0.1) is 7.11 Å². The van der Waals surface area contributed by atoms with Crippen molar-refractivity contribution in [2.75, 3.05) is 7.11 Å². The number of rotatable bonds is 5. The number of hydrogen-bond acceptors (Lipinski definition) is 2. The summed E-state index contributed by atoms with van der Waals surface area (Å²) in [5, 5.41) is 10.1. The highest BCUT2D eigenvalue weighted by Gasteiger charge is 2.28. The second kappa shape index (κ2) is 11.1. The largest absolute Gasteiger partial charge is 0.496 e. The molecule has 0 radical (unpaired) electrons. The Hall–Kier alpha value is -5.51. The third-order valence-corrected chi connectivity index (χ3v) is 9.79. The summed E-state index contributed by atoms with van der Waals surface area (Å²) in [5.41, 5.74) is 7.59. The fourth-order valence-corrected chi connectivity index (χ4v) is 7.66. The van der Waals surface area contributed by atoms with Crippen LogP contribution in [-0.2, 0) is 0 Å². The fourth-order valence-electron chi connectivity index (χ4n) is 7.50. The van der Waals surface area contributed by atoms with E-state index in [0.29, 0.717) is 5.02 Å². The molecule has 0 N–H and O–H groups in total. The highest BCUT2D eigenvalue weighted by molar-refractivity contribution is 6.98. The predicted octanol–water partition coefficient (Wildman–Crippen LogP) is 9.89. The van der Waals surface area contributed by atoms with E-state index in [4.69, 9.17) is 20.8 Å². The molecule has 0 spiro atoms. The first-order chi connectivity index (χ1) is 23.2. The van der Waals surface area contributed by atoms with Crippen LogP contribution in [0, 0.1) is 0 Å². The Labute approximate surface area is 277 Å². The number of halogens is 1. The second-order valence-electron chi connectivity index (χ2n) is 12.1. The van der Waals surface area contributed by atoms with Crippen LogP contribution in [0.15, 0.2) is 156 Å². The standard InChI is InChI=1S/C43H28BClO2/c1-46-42-24-28(45)22-23-34(42)36-25-37-31-16-7-8-17-32(31)40(26-38(37)30-15-6-5-14-29(30)36)44(27-12-3-2-4-13-27)39-20-11-19-35-33-18-9-10-21-41(33)47-43(35)39/h2-26H,1H3. The Morgan fingerprint density at radius 1 is 0.489 bits per heavy atom. The van der Waals surface area contributed by atoms with Gasteiger partial charge in [-0.25, -0.2) is 0 Å². The molecular weight excluding hydrogens is 595 g/mol. The molecule has 0 aliphatic carbocycles. The van der Waals surface area contributed by atoms with Gasteiger partial charge < -0.3 is 9.15 Å². The van der Waals surface area contributed by atoms with Crippen molar-refractivity contribution in [2.24, 2.45) is 0 Å². The first kappa shape index (κ1) is 27.8. The van der Waals surface area contributed by atoms with E-state index in [2.05, 4.69) is 133 Å². The van der Waals surface area contributed by atoms with Crippen molar-refractivity contribution in [1.29, 1.82) is 0 Å². The fraction of sp³-hybridized carbons (Fsp3) is 0.0233. The summed E-state index contributed by atoms with van der Waals surface area (Å²) in [6.45, 7) is -0.0652. The van der Waals surface area contributed by atoms with Crippen LogP contribution in [0.1, 0.15) is 0 Å². The first-order valence-electron chi connectivity index (χ1n) is 15.9. The average molecular weight is 623 g/mol. The van der Waals surface area contributed by atoms with E-state index in [9.17, 15) is 0 Å². The Morgan fingerprint density at radius 2 is 1.13 bits per heavy atom. The minimum Gasteiger partial charge on any atom is -0.496 e. The lowest BCUT2D eigenvalue weighted by Crippen LogP contribution is -2.52. The molecule has 222 valence electrons. The summed E-state index contributed by atoms with van der Waals surface area (Å²) in [4.78, 5) is 0. The topological polar surface area (TPSA) is 22.4 Å². The van der Waals surface area contributed by atoms with Crippen LogP contribution in [0.25, 0.3) is 65.4 Å². The number of methoxy groups -OCH3 is 1. The van der Waals surface area contributed by atoms with E-state index in [-0.39, 0.29) is 6.71 Å². The van der Waals surface area contributed by atoms with E-state index in [1.165, 1.54) is 37.9 Å². The maximum Gasteiger partial charge on any atom is 0.246 e. The van der Waals surface area contributed by atoms with Gasteiger partial charge in [-0.1, -0.05) is 144 Å². The molecule has 9 aromatic rings. The van der Waals surface area contributed by atoms with E-state index in [0.717, 1.165) is 49.7 Å². The van der Waals surface area contributed by atoms with Crippen LogP contribution in [0.2, 0.25) is 5.02 Å². The number of furan rings is 1. The Morgan fingerprint density at radius 3 is 1.91 bits per heavy atom. The van der Waals surface area contributed by atoms with Gasteiger partial charge in [0, 0.05) is 21.4 Å². The van der Waals surface area contributed by atoms with Crippen LogP contribution in [-0.4, -0.2) is 13.8 Å². The molecule has 0 fully saturated rings. The van der Waals surface area contributed by atoms with E-state index < -0.39 is 0 Å². The Kier molecular flexibility index (Phi) is 6.55. The first-order valence-corrected chi connectivity index (χ1v) is 16.2. The van der Waals surface area contributed by atoms with Gasteiger partial charge in [0.25, 0.3) is 0 Å². The summed E-state index contributed by atoms with van der Waals surface area (Å²) in [5.74, 6) is 0.756. The molecule has 1 heterocycles. The summed E-state index contributed by atoms with van der Waals surface area (Å²) in [6.07, 6.45) is 0. The predicted molar refractivity (Wildman–Crippen MR) is 201 cm³/mol. The van der Waals surface area contributed by atoms with Gasteiger partial charge in [-0.15, -0.1) is 0 Å². The SMILES string of the molecule is COc1cc(Cl)ccc1-c1cc2c3ccccc3c(B(c3ccccc3)c3cccc4c3oc3ccccc34)cc2c2ccccc12. The maximum atomic E-state index is 6.65. The van der Waals surface area contributed by atoms with E-state index in [1.54, 1.807) is 7.11 Å². The monoisotopic (exact) mass is 622 g/mol. The molecule has 8 aromatic carbocycles. The lowest BCUT2D eigenvalue weighted by Gasteiger charge is -2.21. The van der Waals surface area contributed by atoms with Gasteiger partial charge >= 0.3 is 0 Å². The molecule has 0 unspecified atom stereocenters. The molecule has 1 aromatic heterocycles. The van der Waals surface area contributed by atoms with Crippen LogP contribution in [0.4, 0.5) is 0 Å². The number of fused-ring (bicyclic) bond motifs is 8. The molecule has 0 amide bonds. The van der Waals surface area contributed by atoms with Crippen molar-refractivity contribution in [3.05, 3.63) is 157 Å². The van der Waals surface area contributed by atoms with Gasteiger partial charge in [-0.3, -0.25) is 0 Å². The number of hydrogen-bond donors (Lipinski definition) is 0. The van der Waals surface area contributed by atoms with Gasteiger partial charge in [0.15, 0.2) is 0 Å². The molecule has 0 aliphatic rings. The third-order valence-electron chi connectivity index (χ3n) is 9.56. The minimum absolute atomic E-state index is 0.0652. The van der Waals surface area contributed by atoms with Gasteiger partial charge in [-0.2, -0.15) is 0 Å². The lowest BCUT2D eigenvalue weighted by molar-refractivity contribution is 0.416. The maximum absolute atomic E-state index is 6.65. The van der Waals surface area contributed by atoms with Crippen LogP contribution < -0.4 is 21.1 Å². The molecule has 0 saturated carbocycles. The zero-order chi connectivity index (χ0) is 31.5. The number of ether oxygens (including phenoxy) is 1. The highest BCUT2D eigenvalue weighted by atomic mass is 35.5. The van der Waals surface area contributed by atoms with Crippen LogP contribution >= 0.6 is 11.6 Å². The molecule has 9 rings (SSSR count). The van der Waals surface area contributed by atoms with E-state index in [1.807, 2.05) is 18.2 Å². The molecule has 0 aliphatic heterocycles. The number of para-hydroxylation sites is 2. The van der Waals surface area contributed by atoms with Gasteiger partial charge in [-0.05, 0) is 73.7 Å². The van der Waals surface area contributed by atoms with Gasteiger partial charge in [0.2, 0.25) is 6.71 Å². The van der Waals surface area contributed by atoms with Crippen molar-refractivity contribution < 1.29 is 9.15 Å². The minimum atomic E-state index is -0.0652. The van der Waals surface area contributed by atoms with Crippen molar-refractivity contribution in [3.63, 3.8) is 0 Å². The van der Waals surface area contributed by atoms with Gasteiger partial charge in [0.1, 0.15) is 16.9 Å². The average Bonchev–Trinajstić information content (AvgIpc) is 3.51. The van der Waals surface area contributed by atoms with Crippen molar-refractivity contribution in [2.45, 2.75) is 0 Å². The second-order valence-corrected chi connectivity index (χ2v) is 12.5. The normalized spacial score (nSPS) is 11.6. The van der Waals surface area contributed by atoms with E-state index >= 15 is 0 Å². The molecule has 47 heavy (non-hydrogen) atoms. The van der Waals surface area contributed by atoms with Crippen molar-refractivity contribution >= 4 is 89.0 Å². The molecule has 0 saturated heterocycles. The zero-order valence-electron chi connectivity index (χ0n) is 25.7. The quantitative estimate of drug-likeness (QED) is 0.141. The Balaban J connectivity index is 1.40. The van der Waals surface area contributed by atoms with Crippen molar-refractivity contribution in [1.82, 2.24) is 0 Å². The summed E-state index contributed by atoms with van der Waals surface area (Å²) < 4.78 is 12.5. The molecule has 0 atom stereocenters. The summed E-state index contributed by atoms with van der Waals surface area (Å²) in [6, 6.07) is 53.8. The number of benzene rings is 8. The summed E-state index contributed by atoms with van der Waals surface area (Å²) in [7, 11) is 1.70. The smallest absolute Gasteiger partial charge is 0.246 e. The molecular formula is C43H28BClO2. The molecule has 0 bridgehead atoms. The third kappa shape index (κ3) is 4.42. The molecule has 2 nitrogen and oxygen atoms in total. The molecule has 4 heteroatoms. The lowest BCUT2D eigenvalue weighted by atomic mass is 9.36. The zero-order valence-corrected chi connectivity index (χ0v) is 26.5. The summed E-state index contributed by atoms with van der Waals surface area (Å²) >= 11 is 6.40.